The molecule has 1 aromatic heterocycles. The van der Waals surface area contributed by atoms with Crippen LogP contribution in [0.25, 0.3) is 0 Å². The lowest BCUT2D eigenvalue weighted by atomic mass is 9.95. The van der Waals surface area contributed by atoms with Gasteiger partial charge in [0.2, 0.25) is 0 Å². The van der Waals surface area contributed by atoms with Crippen LogP contribution in [-0.4, -0.2) is 19.2 Å². The molecular formula is C23H21ClN2O2S. The molecule has 148 valence electrons. The second-order valence-electron chi connectivity index (χ2n) is 6.89. The van der Waals surface area contributed by atoms with Crippen molar-refractivity contribution in [1.29, 1.82) is 0 Å². The lowest BCUT2D eigenvalue weighted by molar-refractivity contribution is 0.102. The number of carbonyl (C=O) groups is 1. The maximum Gasteiger partial charge on any atom is 0.259 e. The number of anilines is 1. The Labute approximate surface area is 179 Å². The van der Waals surface area contributed by atoms with Gasteiger partial charge in [0.25, 0.3) is 5.91 Å². The molecule has 1 heterocycles. The van der Waals surface area contributed by atoms with Crippen LogP contribution in [0.3, 0.4) is 0 Å². The molecule has 0 spiro atoms. The highest BCUT2D eigenvalue weighted by molar-refractivity contribution is 7.16. The van der Waals surface area contributed by atoms with Crippen LogP contribution in [0.4, 0.5) is 10.7 Å². The zero-order valence-corrected chi connectivity index (χ0v) is 17.6. The van der Waals surface area contributed by atoms with Crippen LogP contribution in [-0.2, 0) is 12.8 Å². The number of hydrogen-bond acceptors (Lipinski definition) is 4. The minimum Gasteiger partial charge on any atom is -0.497 e. The van der Waals surface area contributed by atoms with Gasteiger partial charge in [-0.3, -0.25) is 4.79 Å². The van der Waals surface area contributed by atoms with Crippen molar-refractivity contribution in [2.24, 2.45) is 4.99 Å². The first kappa shape index (κ1) is 19.7. The van der Waals surface area contributed by atoms with Crippen molar-refractivity contribution in [2.45, 2.75) is 25.7 Å². The van der Waals surface area contributed by atoms with Crippen molar-refractivity contribution in [3.05, 3.63) is 75.1 Å². The molecule has 1 aliphatic rings. The SMILES string of the molecule is COc1cccc(C=Nc2sc3c(c2C(=O)Nc2cccc(Cl)c2)CCCC3)c1. The molecule has 0 fully saturated rings. The summed E-state index contributed by atoms with van der Waals surface area (Å²) in [7, 11) is 1.64. The topological polar surface area (TPSA) is 50.7 Å². The number of rotatable bonds is 5. The van der Waals surface area contributed by atoms with Crippen molar-refractivity contribution in [3.63, 3.8) is 0 Å². The average Bonchev–Trinajstić information content (AvgIpc) is 3.11. The Kier molecular flexibility index (Phi) is 5.97. The van der Waals surface area contributed by atoms with E-state index in [9.17, 15) is 4.79 Å². The normalized spacial score (nSPS) is 13.3. The molecule has 2 aromatic carbocycles. The Morgan fingerprint density at radius 3 is 2.83 bits per heavy atom. The van der Waals surface area contributed by atoms with E-state index in [0.717, 1.165) is 47.6 Å². The molecule has 0 saturated carbocycles. The largest absolute Gasteiger partial charge is 0.497 e. The van der Waals surface area contributed by atoms with Crippen LogP contribution in [0, 0.1) is 0 Å². The molecule has 0 radical (unpaired) electrons. The van der Waals surface area contributed by atoms with E-state index in [1.54, 1.807) is 36.8 Å². The fourth-order valence-electron chi connectivity index (χ4n) is 3.49. The van der Waals surface area contributed by atoms with E-state index < -0.39 is 0 Å². The number of fused-ring (bicyclic) bond motifs is 1. The van der Waals surface area contributed by atoms with Gasteiger partial charge in [0.1, 0.15) is 10.8 Å². The van der Waals surface area contributed by atoms with Crippen molar-refractivity contribution in [2.75, 3.05) is 12.4 Å². The minimum atomic E-state index is -0.135. The lowest BCUT2D eigenvalue weighted by Gasteiger charge is -2.13. The monoisotopic (exact) mass is 424 g/mol. The number of thiophene rings is 1. The van der Waals surface area contributed by atoms with Gasteiger partial charge in [-0.15, -0.1) is 11.3 Å². The Morgan fingerprint density at radius 1 is 1.17 bits per heavy atom. The lowest BCUT2D eigenvalue weighted by Crippen LogP contribution is -2.14. The highest BCUT2D eigenvalue weighted by atomic mass is 35.5. The molecule has 4 nitrogen and oxygen atoms in total. The highest BCUT2D eigenvalue weighted by Crippen LogP contribution is 2.40. The number of methoxy groups -OCH3 is 1. The van der Waals surface area contributed by atoms with Gasteiger partial charge < -0.3 is 10.1 Å². The molecule has 4 rings (SSSR count). The van der Waals surface area contributed by atoms with E-state index in [0.29, 0.717) is 16.3 Å². The molecule has 0 unspecified atom stereocenters. The van der Waals surface area contributed by atoms with E-state index in [-0.39, 0.29) is 5.91 Å². The standard InChI is InChI=1S/C23H21ClN2O2S/c1-28-18-9-4-6-15(12-18)14-25-23-21(19-10-2-3-11-20(19)29-23)22(27)26-17-8-5-7-16(24)13-17/h4-9,12-14H,2-3,10-11H2,1H3,(H,26,27). The zero-order chi connectivity index (χ0) is 20.2. The molecule has 0 saturated heterocycles. The zero-order valence-electron chi connectivity index (χ0n) is 16.1. The summed E-state index contributed by atoms with van der Waals surface area (Å²) < 4.78 is 5.28. The maximum absolute atomic E-state index is 13.1. The van der Waals surface area contributed by atoms with Crippen molar-refractivity contribution in [3.8, 4) is 5.75 Å². The molecular weight excluding hydrogens is 404 g/mol. The number of nitrogens with zero attached hydrogens (tertiary/aromatic N) is 1. The summed E-state index contributed by atoms with van der Waals surface area (Å²) in [5, 5.41) is 4.32. The second kappa shape index (κ2) is 8.80. The predicted molar refractivity (Wildman–Crippen MR) is 121 cm³/mol. The first-order valence-corrected chi connectivity index (χ1v) is 10.7. The fourth-order valence-corrected chi connectivity index (χ4v) is 4.91. The van der Waals surface area contributed by atoms with Crippen LogP contribution in [0.1, 0.15) is 39.2 Å². The van der Waals surface area contributed by atoms with Gasteiger partial charge in [0.15, 0.2) is 0 Å². The number of halogens is 1. The molecule has 29 heavy (non-hydrogen) atoms. The van der Waals surface area contributed by atoms with E-state index in [2.05, 4.69) is 10.3 Å². The van der Waals surface area contributed by atoms with Crippen LogP contribution < -0.4 is 10.1 Å². The summed E-state index contributed by atoms with van der Waals surface area (Å²) in [4.78, 5) is 19.1. The number of nitrogens with one attached hydrogen (secondary N) is 1. The van der Waals surface area contributed by atoms with Crippen molar-refractivity contribution < 1.29 is 9.53 Å². The van der Waals surface area contributed by atoms with Gasteiger partial charge >= 0.3 is 0 Å². The Bertz CT molecular complexity index is 1070. The summed E-state index contributed by atoms with van der Waals surface area (Å²) in [6, 6.07) is 14.9. The summed E-state index contributed by atoms with van der Waals surface area (Å²) >= 11 is 7.68. The molecule has 1 amide bonds. The second-order valence-corrected chi connectivity index (χ2v) is 8.41. The molecule has 6 heteroatoms. The van der Waals surface area contributed by atoms with Crippen LogP contribution in [0.15, 0.2) is 53.5 Å². The summed E-state index contributed by atoms with van der Waals surface area (Å²) in [6.45, 7) is 0. The fraction of sp³-hybridized carbons (Fsp3) is 0.217. The first-order valence-electron chi connectivity index (χ1n) is 9.53. The molecule has 0 atom stereocenters. The first-order chi connectivity index (χ1) is 14.1. The van der Waals surface area contributed by atoms with Gasteiger partial charge in [0.05, 0.1) is 12.7 Å². The molecule has 3 aromatic rings. The van der Waals surface area contributed by atoms with Crippen LogP contribution >= 0.6 is 22.9 Å². The average molecular weight is 425 g/mol. The van der Waals surface area contributed by atoms with Crippen LogP contribution in [0.5, 0.6) is 5.75 Å². The van der Waals surface area contributed by atoms with Gasteiger partial charge in [-0.1, -0.05) is 29.8 Å². The molecule has 1 aliphatic carbocycles. The van der Waals surface area contributed by atoms with E-state index in [1.165, 1.54) is 4.88 Å². The quantitative estimate of drug-likeness (QED) is 0.489. The number of aryl methyl sites for hydroxylation is 1. The van der Waals surface area contributed by atoms with Crippen LogP contribution in [0.2, 0.25) is 5.02 Å². The van der Waals surface area contributed by atoms with Crippen molar-refractivity contribution in [1.82, 2.24) is 0 Å². The molecule has 1 N–H and O–H groups in total. The third kappa shape index (κ3) is 4.52. The minimum absolute atomic E-state index is 0.135. The van der Waals surface area contributed by atoms with Gasteiger partial charge in [-0.2, -0.15) is 0 Å². The third-order valence-electron chi connectivity index (χ3n) is 4.89. The number of benzene rings is 2. The van der Waals surface area contributed by atoms with Crippen molar-refractivity contribution >= 4 is 45.7 Å². The third-order valence-corrected chi connectivity index (χ3v) is 6.32. The Hall–Kier alpha value is -2.63. The van der Waals surface area contributed by atoms with E-state index in [4.69, 9.17) is 16.3 Å². The summed E-state index contributed by atoms with van der Waals surface area (Å²) in [5.41, 5.74) is 3.43. The van der Waals surface area contributed by atoms with Gasteiger partial charge in [-0.05, 0) is 67.1 Å². The maximum atomic E-state index is 13.1. The molecule has 0 aliphatic heterocycles. The number of aliphatic imine (C=N–C) groups is 1. The highest BCUT2D eigenvalue weighted by Gasteiger charge is 2.25. The Balaban J connectivity index is 1.67. The summed E-state index contributed by atoms with van der Waals surface area (Å²) in [5.74, 6) is 0.641. The number of carbonyl (C=O) groups excluding carboxylic acids is 1. The van der Waals surface area contributed by atoms with Gasteiger partial charge in [-0.25, -0.2) is 4.99 Å². The van der Waals surface area contributed by atoms with E-state index in [1.807, 2.05) is 36.4 Å². The number of amides is 1. The predicted octanol–water partition coefficient (Wildman–Crippen LogP) is 6.29. The number of hydrogen-bond donors (Lipinski definition) is 1. The van der Waals surface area contributed by atoms with E-state index >= 15 is 0 Å². The number of ether oxygens (including phenoxy) is 1. The van der Waals surface area contributed by atoms with Gasteiger partial charge in [0, 0.05) is 21.8 Å². The molecule has 0 bridgehead atoms. The smallest absolute Gasteiger partial charge is 0.259 e. The summed E-state index contributed by atoms with van der Waals surface area (Å²) in [6.07, 6.45) is 5.96. The Morgan fingerprint density at radius 2 is 2.00 bits per heavy atom.